The number of amides is 1. The maximum atomic E-state index is 12.1. The molecule has 0 saturated carbocycles. The number of carbonyl (C=O) groups is 1. The van der Waals surface area contributed by atoms with Crippen LogP contribution in [0.4, 0.5) is 0 Å². The zero-order valence-electron chi connectivity index (χ0n) is 15.1. The van der Waals surface area contributed by atoms with Crippen LogP contribution in [0.5, 0.6) is 5.75 Å². The smallest absolute Gasteiger partial charge is 0.220 e. The van der Waals surface area contributed by atoms with Crippen molar-refractivity contribution in [2.45, 2.75) is 45.3 Å². The number of aliphatic hydroxyl groups excluding tert-OH is 1. The van der Waals surface area contributed by atoms with E-state index in [0.717, 1.165) is 16.9 Å². The van der Waals surface area contributed by atoms with Gasteiger partial charge in [0, 0.05) is 13.0 Å². The van der Waals surface area contributed by atoms with Gasteiger partial charge in [0.25, 0.3) is 0 Å². The molecule has 2 unspecified atom stereocenters. The summed E-state index contributed by atoms with van der Waals surface area (Å²) >= 11 is 0. The summed E-state index contributed by atoms with van der Waals surface area (Å²) in [4.78, 5) is 12.1. The summed E-state index contributed by atoms with van der Waals surface area (Å²) in [5, 5.41) is 13.0. The number of rotatable bonds is 8. The van der Waals surface area contributed by atoms with Crippen LogP contribution < -0.4 is 10.1 Å². The normalized spacial score (nSPS) is 13.3. The second kappa shape index (κ2) is 9.23. The molecule has 4 heteroatoms. The molecule has 2 atom stereocenters. The summed E-state index contributed by atoms with van der Waals surface area (Å²) in [6.45, 7) is 6.16. The van der Waals surface area contributed by atoms with Crippen molar-refractivity contribution < 1.29 is 14.6 Å². The SMILES string of the molecule is CC(C)Oc1ccc(C(O)CNC(=O)CC(C)c2ccccc2)cc1. The molecule has 0 aliphatic heterocycles. The van der Waals surface area contributed by atoms with Crippen LogP contribution in [0.1, 0.15) is 50.3 Å². The molecule has 0 bridgehead atoms. The maximum absolute atomic E-state index is 12.1. The van der Waals surface area contributed by atoms with E-state index in [1.807, 2.05) is 75.4 Å². The Kier molecular flexibility index (Phi) is 7.02. The van der Waals surface area contributed by atoms with E-state index in [9.17, 15) is 9.90 Å². The molecule has 2 N–H and O–H groups in total. The van der Waals surface area contributed by atoms with Crippen molar-refractivity contribution in [1.82, 2.24) is 5.32 Å². The summed E-state index contributed by atoms with van der Waals surface area (Å²) in [6.07, 6.45) is -0.219. The fourth-order valence-electron chi connectivity index (χ4n) is 2.62. The molecule has 0 aliphatic rings. The number of nitrogens with one attached hydrogen (secondary N) is 1. The van der Waals surface area contributed by atoms with Gasteiger partial charge < -0.3 is 15.2 Å². The lowest BCUT2D eigenvalue weighted by atomic mass is 9.97. The van der Waals surface area contributed by atoms with Gasteiger partial charge in [-0.05, 0) is 43.0 Å². The van der Waals surface area contributed by atoms with Crippen LogP contribution in [0.15, 0.2) is 54.6 Å². The summed E-state index contributed by atoms with van der Waals surface area (Å²) < 4.78 is 5.58. The van der Waals surface area contributed by atoms with Gasteiger partial charge in [-0.25, -0.2) is 0 Å². The van der Waals surface area contributed by atoms with E-state index in [1.54, 1.807) is 0 Å². The van der Waals surface area contributed by atoms with E-state index < -0.39 is 6.10 Å². The average Bonchev–Trinajstić information content (AvgIpc) is 2.60. The molecule has 0 aliphatic carbocycles. The van der Waals surface area contributed by atoms with Crippen molar-refractivity contribution in [2.75, 3.05) is 6.54 Å². The molecule has 0 spiro atoms. The van der Waals surface area contributed by atoms with E-state index in [2.05, 4.69) is 5.32 Å². The number of carbonyl (C=O) groups excluding carboxylic acids is 1. The van der Waals surface area contributed by atoms with Crippen LogP contribution in [0, 0.1) is 0 Å². The Hall–Kier alpha value is -2.33. The van der Waals surface area contributed by atoms with Gasteiger partial charge in [0.2, 0.25) is 5.91 Å². The van der Waals surface area contributed by atoms with Crippen molar-refractivity contribution in [2.24, 2.45) is 0 Å². The van der Waals surface area contributed by atoms with Gasteiger partial charge in [0.15, 0.2) is 0 Å². The van der Waals surface area contributed by atoms with Crippen molar-refractivity contribution in [3.63, 3.8) is 0 Å². The molecule has 134 valence electrons. The lowest BCUT2D eigenvalue weighted by molar-refractivity contribution is -0.121. The number of benzene rings is 2. The minimum atomic E-state index is -0.732. The van der Waals surface area contributed by atoms with E-state index in [0.29, 0.717) is 6.42 Å². The Bertz CT molecular complexity index is 653. The number of hydrogen-bond donors (Lipinski definition) is 2. The third kappa shape index (κ3) is 6.24. The molecule has 1 amide bonds. The second-order valence-electron chi connectivity index (χ2n) is 6.57. The van der Waals surface area contributed by atoms with Gasteiger partial charge in [-0.15, -0.1) is 0 Å². The fourth-order valence-corrected chi connectivity index (χ4v) is 2.62. The Balaban J connectivity index is 1.80. The zero-order chi connectivity index (χ0) is 18.2. The van der Waals surface area contributed by atoms with Gasteiger partial charge >= 0.3 is 0 Å². The molecule has 0 saturated heterocycles. The number of aliphatic hydroxyl groups is 1. The molecule has 2 aromatic carbocycles. The third-order valence-corrected chi connectivity index (χ3v) is 3.99. The van der Waals surface area contributed by atoms with Gasteiger partial charge in [0.05, 0.1) is 12.2 Å². The lowest BCUT2D eigenvalue weighted by Gasteiger charge is -2.16. The highest BCUT2D eigenvalue weighted by Gasteiger charge is 2.13. The summed E-state index contributed by atoms with van der Waals surface area (Å²) in [5.74, 6) is 0.854. The first kappa shape index (κ1) is 19.0. The van der Waals surface area contributed by atoms with Crippen molar-refractivity contribution in [3.05, 3.63) is 65.7 Å². The first-order valence-corrected chi connectivity index (χ1v) is 8.72. The Morgan fingerprint density at radius 3 is 2.24 bits per heavy atom. The summed E-state index contributed by atoms with van der Waals surface area (Å²) in [6, 6.07) is 17.3. The molecular weight excluding hydrogens is 314 g/mol. The molecule has 0 fully saturated rings. The Labute approximate surface area is 149 Å². The van der Waals surface area contributed by atoms with Crippen LogP contribution in [-0.4, -0.2) is 23.7 Å². The first-order chi connectivity index (χ1) is 12.0. The van der Waals surface area contributed by atoms with Crippen LogP contribution >= 0.6 is 0 Å². The van der Waals surface area contributed by atoms with Gasteiger partial charge in [-0.3, -0.25) is 4.79 Å². The van der Waals surface area contributed by atoms with E-state index in [1.165, 1.54) is 0 Å². The van der Waals surface area contributed by atoms with Crippen molar-refractivity contribution in [1.29, 1.82) is 0 Å². The predicted octanol–water partition coefficient (Wildman–Crippen LogP) is 3.82. The molecule has 0 aromatic heterocycles. The minimum Gasteiger partial charge on any atom is -0.491 e. The van der Waals surface area contributed by atoms with Gasteiger partial charge in [-0.2, -0.15) is 0 Å². The van der Waals surface area contributed by atoms with Crippen LogP contribution in [0.3, 0.4) is 0 Å². The molecule has 2 aromatic rings. The van der Waals surface area contributed by atoms with Crippen molar-refractivity contribution >= 4 is 5.91 Å². The molecular formula is C21H27NO3. The highest BCUT2D eigenvalue weighted by Crippen LogP contribution is 2.20. The summed E-state index contributed by atoms with van der Waals surface area (Å²) in [7, 11) is 0. The molecule has 0 heterocycles. The predicted molar refractivity (Wildman–Crippen MR) is 99.6 cm³/mol. The van der Waals surface area contributed by atoms with E-state index in [4.69, 9.17) is 4.74 Å². The van der Waals surface area contributed by atoms with E-state index >= 15 is 0 Å². The fraction of sp³-hybridized carbons (Fsp3) is 0.381. The lowest BCUT2D eigenvalue weighted by Crippen LogP contribution is -2.29. The topological polar surface area (TPSA) is 58.6 Å². The minimum absolute atomic E-state index is 0.0600. The van der Waals surface area contributed by atoms with Crippen molar-refractivity contribution in [3.8, 4) is 5.75 Å². The Morgan fingerprint density at radius 1 is 1.00 bits per heavy atom. The summed E-state index contributed by atoms with van der Waals surface area (Å²) in [5.41, 5.74) is 1.89. The second-order valence-corrected chi connectivity index (χ2v) is 6.57. The molecule has 25 heavy (non-hydrogen) atoms. The largest absolute Gasteiger partial charge is 0.491 e. The number of hydrogen-bond acceptors (Lipinski definition) is 3. The van der Waals surface area contributed by atoms with Gasteiger partial charge in [0.1, 0.15) is 5.75 Å². The Morgan fingerprint density at radius 2 is 1.64 bits per heavy atom. The standard InChI is InChI=1S/C21H27NO3/c1-15(2)25-19-11-9-18(10-12-19)20(23)14-22-21(24)13-16(3)17-7-5-4-6-8-17/h4-12,15-16,20,23H,13-14H2,1-3H3,(H,22,24). The highest BCUT2D eigenvalue weighted by atomic mass is 16.5. The molecule has 4 nitrogen and oxygen atoms in total. The molecule has 0 radical (unpaired) electrons. The first-order valence-electron chi connectivity index (χ1n) is 8.72. The average molecular weight is 341 g/mol. The third-order valence-electron chi connectivity index (χ3n) is 3.99. The zero-order valence-corrected chi connectivity index (χ0v) is 15.1. The number of ether oxygens (including phenoxy) is 1. The molecule has 2 rings (SSSR count). The van der Waals surface area contributed by atoms with Crippen LogP contribution in [0.25, 0.3) is 0 Å². The van der Waals surface area contributed by atoms with Crippen LogP contribution in [-0.2, 0) is 4.79 Å². The van der Waals surface area contributed by atoms with Crippen LogP contribution in [0.2, 0.25) is 0 Å². The maximum Gasteiger partial charge on any atom is 0.220 e. The highest BCUT2D eigenvalue weighted by molar-refractivity contribution is 5.76. The quantitative estimate of drug-likeness (QED) is 0.767. The van der Waals surface area contributed by atoms with Gasteiger partial charge in [-0.1, -0.05) is 49.4 Å². The van der Waals surface area contributed by atoms with E-state index in [-0.39, 0.29) is 24.5 Å². The monoisotopic (exact) mass is 341 g/mol.